The normalized spacial score (nSPS) is 11.2. The number of carboxylic acids is 1. The highest BCUT2D eigenvalue weighted by Crippen LogP contribution is 2.30. The van der Waals surface area contributed by atoms with Crippen LogP contribution in [0.25, 0.3) is 0 Å². The number of carbonyl (C=O) groups is 1. The standard InChI is InChI=1S/C12H10N2O4S2/c13-20(17,18)10-4-2-1-3-9(10)19-11-6-5-8(7-14-11)12(15)16/h1-7H,(H,15,16)(H2,13,17,18). The zero-order valence-electron chi connectivity index (χ0n) is 10.1. The summed E-state index contributed by atoms with van der Waals surface area (Å²) in [5.74, 6) is -1.07. The van der Waals surface area contributed by atoms with E-state index in [1.54, 1.807) is 18.2 Å². The fraction of sp³-hybridized carbons (Fsp3) is 0. The van der Waals surface area contributed by atoms with Crippen molar-refractivity contribution in [1.29, 1.82) is 0 Å². The van der Waals surface area contributed by atoms with Crippen molar-refractivity contribution in [2.24, 2.45) is 5.14 Å². The fourth-order valence-corrected chi connectivity index (χ4v) is 3.32. The van der Waals surface area contributed by atoms with Crippen LogP contribution in [0.3, 0.4) is 0 Å². The number of benzene rings is 1. The first-order valence-corrected chi connectivity index (χ1v) is 7.73. The maximum absolute atomic E-state index is 11.5. The van der Waals surface area contributed by atoms with Gasteiger partial charge in [0, 0.05) is 11.1 Å². The summed E-state index contributed by atoms with van der Waals surface area (Å²) in [6.45, 7) is 0. The summed E-state index contributed by atoms with van der Waals surface area (Å²) < 4.78 is 22.9. The lowest BCUT2D eigenvalue weighted by Gasteiger charge is -2.06. The molecule has 0 amide bonds. The van der Waals surface area contributed by atoms with E-state index in [0.717, 1.165) is 11.8 Å². The molecule has 0 saturated carbocycles. The first-order valence-electron chi connectivity index (χ1n) is 5.37. The molecular formula is C12H10N2O4S2. The zero-order chi connectivity index (χ0) is 14.8. The van der Waals surface area contributed by atoms with Crippen molar-refractivity contribution in [2.45, 2.75) is 14.8 Å². The van der Waals surface area contributed by atoms with E-state index >= 15 is 0 Å². The van der Waals surface area contributed by atoms with E-state index < -0.39 is 16.0 Å². The third-order valence-corrected chi connectivity index (χ3v) is 4.48. The highest BCUT2D eigenvalue weighted by atomic mass is 32.2. The third kappa shape index (κ3) is 3.35. The van der Waals surface area contributed by atoms with Crippen molar-refractivity contribution in [3.63, 3.8) is 0 Å². The van der Waals surface area contributed by atoms with Crippen LogP contribution in [0.4, 0.5) is 0 Å². The van der Waals surface area contributed by atoms with Crippen molar-refractivity contribution >= 4 is 27.8 Å². The molecular weight excluding hydrogens is 300 g/mol. The molecule has 0 spiro atoms. The summed E-state index contributed by atoms with van der Waals surface area (Å²) in [5.41, 5.74) is 0.0640. The van der Waals surface area contributed by atoms with Gasteiger partial charge in [0.2, 0.25) is 10.0 Å². The summed E-state index contributed by atoms with van der Waals surface area (Å²) in [7, 11) is -3.82. The number of rotatable bonds is 4. The molecule has 0 atom stereocenters. The van der Waals surface area contributed by atoms with Gasteiger partial charge in [-0.25, -0.2) is 23.3 Å². The third-order valence-electron chi connectivity index (χ3n) is 2.35. The summed E-state index contributed by atoms with van der Waals surface area (Å²) in [5, 5.41) is 14.4. The molecule has 20 heavy (non-hydrogen) atoms. The van der Waals surface area contributed by atoms with Crippen LogP contribution in [0.5, 0.6) is 0 Å². The number of hydrogen-bond acceptors (Lipinski definition) is 5. The van der Waals surface area contributed by atoms with Gasteiger partial charge >= 0.3 is 5.97 Å². The Balaban J connectivity index is 2.33. The molecule has 0 radical (unpaired) electrons. The molecule has 0 unspecified atom stereocenters. The molecule has 0 aliphatic rings. The Bertz CT molecular complexity index is 742. The predicted molar refractivity (Wildman–Crippen MR) is 73.1 cm³/mol. The molecule has 1 aromatic carbocycles. The summed E-state index contributed by atoms with van der Waals surface area (Å²) in [6, 6.07) is 9.18. The van der Waals surface area contributed by atoms with Gasteiger partial charge in [0.05, 0.1) is 10.5 Å². The second kappa shape index (κ2) is 5.61. The van der Waals surface area contributed by atoms with Gasteiger partial charge in [0.25, 0.3) is 0 Å². The zero-order valence-corrected chi connectivity index (χ0v) is 11.7. The number of aromatic carboxylic acids is 1. The SMILES string of the molecule is NS(=O)(=O)c1ccccc1Sc1ccc(C(=O)O)cn1. The van der Waals surface area contributed by atoms with Crippen LogP contribution in [-0.2, 0) is 10.0 Å². The van der Waals surface area contributed by atoms with Crippen molar-refractivity contribution in [3.8, 4) is 0 Å². The summed E-state index contributed by atoms with van der Waals surface area (Å²) >= 11 is 1.10. The van der Waals surface area contributed by atoms with E-state index in [9.17, 15) is 13.2 Å². The maximum Gasteiger partial charge on any atom is 0.337 e. The fourth-order valence-electron chi connectivity index (χ4n) is 1.45. The van der Waals surface area contributed by atoms with Gasteiger partial charge in [-0.05, 0) is 24.3 Å². The van der Waals surface area contributed by atoms with Crippen molar-refractivity contribution < 1.29 is 18.3 Å². The number of pyridine rings is 1. The highest BCUT2D eigenvalue weighted by molar-refractivity contribution is 8.00. The molecule has 3 N–H and O–H groups in total. The largest absolute Gasteiger partial charge is 0.478 e. The van der Waals surface area contributed by atoms with Gasteiger partial charge in [-0.15, -0.1) is 0 Å². The molecule has 0 aliphatic heterocycles. The van der Waals surface area contributed by atoms with Crippen LogP contribution in [-0.4, -0.2) is 24.5 Å². The molecule has 0 saturated heterocycles. The first-order chi connectivity index (χ1) is 9.38. The molecule has 104 valence electrons. The molecule has 1 aromatic heterocycles. The van der Waals surface area contributed by atoms with E-state index in [1.165, 1.54) is 24.4 Å². The van der Waals surface area contributed by atoms with Gasteiger partial charge in [-0.3, -0.25) is 0 Å². The van der Waals surface area contributed by atoms with Gasteiger partial charge in [0.15, 0.2) is 0 Å². The number of aromatic nitrogens is 1. The van der Waals surface area contributed by atoms with Gasteiger partial charge in [0.1, 0.15) is 5.03 Å². The van der Waals surface area contributed by atoms with Crippen molar-refractivity contribution in [1.82, 2.24) is 4.98 Å². The number of nitrogens with zero attached hydrogens (tertiary/aromatic N) is 1. The lowest BCUT2D eigenvalue weighted by Crippen LogP contribution is -2.13. The highest BCUT2D eigenvalue weighted by Gasteiger charge is 2.14. The van der Waals surface area contributed by atoms with Crippen LogP contribution in [0.1, 0.15) is 10.4 Å². The Kier molecular flexibility index (Phi) is 4.07. The van der Waals surface area contributed by atoms with Crippen LogP contribution < -0.4 is 5.14 Å². The van der Waals surface area contributed by atoms with Gasteiger partial charge in [-0.2, -0.15) is 0 Å². The average Bonchev–Trinajstić information content (AvgIpc) is 2.38. The lowest BCUT2D eigenvalue weighted by molar-refractivity contribution is 0.0696. The number of primary sulfonamides is 1. The second-order valence-corrected chi connectivity index (χ2v) is 6.38. The van der Waals surface area contributed by atoms with E-state index in [-0.39, 0.29) is 10.5 Å². The number of carboxylic acid groups (broad SMARTS) is 1. The van der Waals surface area contributed by atoms with E-state index in [4.69, 9.17) is 10.2 Å². The lowest BCUT2D eigenvalue weighted by atomic mass is 10.3. The van der Waals surface area contributed by atoms with Crippen LogP contribution in [0.2, 0.25) is 0 Å². The quantitative estimate of drug-likeness (QED) is 0.887. The van der Waals surface area contributed by atoms with Crippen LogP contribution in [0, 0.1) is 0 Å². The molecule has 2 aromatic rings. The predicted octanol–water partition coefficient (Wildman–Crippen LogP) is 1.58. The second-order valence-electron chi connectivity index (χ2n) is 3.78. The Morgan fingerprint density at radius 2 is 1.90 bits per heavy atom. The van der Waals surface area contributed by atoms with Gasteiger partial charge in [-0.1, -0.05) is 23.9 Å². The van der Waals surface area contributed by atoms with E-state index in [0.29, 0.717) is 9.92 Å². The maximum atomic E-state index is 11.5. The minimum absolute atomic E-state index is 0.00844. The minimum atomic E-state index is -3.82. The van der Waals surface area contributed by atoms with Gasteiger partial charge < -0.3 is 5.11 Å². The monoisotopic (exact) mass is 310 g/mol. The molecule has 8 heteroatoms. The molecule has 2 rings (SSSR count). The Hall–Kier alpha value is -1.90. The van der Waals surface area contributed by atoms with E-state index in [1.807, 2.05) is 0 Å². The summed E-state index contributed by atoms with van der Waals surface area (Å²) in [6.07, 6.45) is 1.21. The molecule has 6 nitrogen and oxygen atoms in total. The summed E-state index contributed by atoms with van der Waals surface area (Å²) in [4.78, 5) is 15.1. The first kappa shape index (κ1) is 14.5. The molecule has 0 bridgehead atoms. The number of sulfonamides is 1. The topological polar surface area (TPSA) is 110 Å². The Labute approximate surface area is 119 Å². The van der Waals surface area contributed by atoms with Crippen LogP contribution in [0.15, 0.2) is 57.4 Å². The van der Waals surface area contributed by atoms with Crippen LogP contribution >= 0.6 is 11.8 Å². The Morgan fingerprint density at radius 1 is 1.20 bits per heavy atom. The van der Waals surface area contributed by atoms with Crippen molar-refractivity contribution in [2.75, 3.05) is 0 Å². The molecule has 0 fully saturated rings. The average molecular weight is 310 g/mol. The minimum Gasteiger partial charge on any atom is -0.478 e. The van der Waals surface area contributed by atoms with Crippen molar-refractivity contribution in [3.05, 3.63) is 48.2 Å². The van der Waals surface area contributed by atoms with E-state index in [2.05, 4.69) is 4.98 Å². The number of hydrogen-bond donors (Lipinski definition) is 2. The molecule has 0 aliphatic carbocycles. The molecule has 1 heterocycles. The smallest absolute Gasteiger partial charge is 0.337 e. The number of nitrogens with two attached hydrogens (primary N) is 1. The Morgan fingerprint density at radius 3 is 2.45 bits per heavy atom.